The van der Waals surface area contributed by atoms with Crippen molar-refractivity contribution in [1.29, 1.82) is 0 Å². The first-order valence-corrected chi connectivity index (χ1v) is 5.96. The third kappa shape index (κ3) is 4.62. The maximum absolute atomic E-state index is 13.5. The van der Waals surface area contributed by atoms with E-state index in [2.05, 4.69) is 17.2 Å². The highest BCUT2D eigenvalue weighted by Crippen LogP contribution is 2.21. The molecule has 5 heteroatoms. The highest BCUT2D eigenvalue weighted by atomic mass is 19.1. The molecule has 0 saturated carbocycles. The van der Waals surface area contributed by atoms with E-state index in [1.165, 1.54) is 19.2 Å². The molecule has 1 atom stereocenters. The van der Waals surface area contributed by atoms with Gasteiger partial charge in [0.05, 0.1) is 13.2 Å². The third-order valence-corrected chi connectivity index (χ3v) is 2.57. The molecule has 0 heterocycles. The van der Waals surface area contributed by atoms with Crippen LogP contribution in [-0.2, 0) is 0 Å². The number of hydrogen-bond acceptors (Lipinski definition) is 2. The molecular formula is C14H19FN2O2. The van der Waals surface area contributed by atoms with Crippen molar-refractivity contribution in [2.24, 2.45) is 0 Å². The smallest absolute Gasteiger partial charge is 0.315 e. The Morgan fingerprint density at radius 3 is 2.74 bits per heavy atom. The first-order chi connectivity index (χ1) is 8.93. The maximum Gasteiger partial charge on any atom is 0.315 e. The lowest BCUT2D eigenvalue weighted by Gasteiger charge is -2.15. The van der Waals surface area contributed by atoms with Crippen LogP contribution in [0.3, 0.4) is 0 Å². The predicted octanol–water partition coefficient (Wildman–Crippen LogP) is 2.77. The Hall–Kier alpha value is -2.04. The molecule has 0 spiro atoms. The van der Waals surface area contributed by atoms with Gasteiger partial charge in [-0.1, -0.05) is 18.2 Å². The van der Waals surface area contributed by atoms with Crippen LogP contribution in [0.15, 0.2) is 30.4 Å². The van der Waals surface area contributed by atoms with Crippen molar-refractivity contribution >= 4 is 6.03 Å². The first-order valence-electron chi connectivity index (χ1n) is 5.96. The van der Waals surface area contributed by atoms with Crippen LogP contribution in [0.1, 0.15) is 25.5 Å². The summed E-state index contributed by atoms with van der Waals surface area (Å²) in [5.74, 6) is -0.265. The van der Waals surface area contributed by atoms with E-state index in [0.717, 1.165) is 5.57 Å². The van der Waals surface area contributed by atoms with Gasteiger partial charge in [0.1, 0.15) is 0 Å². The monoisotopic (exact) mass is 266 g/mol. The van der Waals surface area contributed by atoms with E-state index in [4.69, 9.17) is 4.74 Å². The minimum atomic E-state index is -0.448. The van der Waals surface area contributed by atoms with Gasteiger partial charge in [0.25, 0.3) is 0 Å². The quantitative estimate of drug-likeness (QED) is 0.805. The third-order valence-electron chi connectivity index (χ3n) is 2.57. The number of urea groups is 1. The second-order valence-electron chi connectivity index (χ2n) is 4.40. The van der Waals surface area contributed by atoms with E-state index in [-0.39, 0.29) is 17.8 Å². The second-order valence-corrected chi connectivity index (χ2v) is 4.40. The fourth-order valence-electron chi connectivity index (χ4n) is 1.51. The summed E-state index contributed by atoms with van der Waals surface area (Å²) in [6.45, 7) is 7.70. The first kappa shape index (κ1) is 15.0. The van der Waals surface area contributed by atoms with Gasteiger partial charge in [-0.15, -0.1) is 0 Å². The number of methoxy groups -OCH3 is 1. The highest BCUT2D eigenvalue weighted by molar-refractivity contribution is 5.74. The minimum Gasteiger partial charge on any atom is -0.494 e. The molecule has 1 aromatic rings. The lowest BCUT2D eigenvalue weighted by molar-refractivity contribution is 0.238. The van der Waals surface area contributed by atoms with Crippen LogP contribution >= 0.6 is 0 Å². The molecule has 0 aliphatic rings. The van der Waals surface area contributed by atoms with Crippen molar-refractivity contribution in [3.05, 3.63) is 41.7 Å². The van der Waals surface area contributed by atoms with Crippen LogP contribution in [-0.4, -0.2) is 19.7 Å². The molecule has 0 radical (unpaired) electrons. The molecule has 4 nitrogen and oxygen atoms in total. The SMILES string of the molecule is C=C(C)CNC(=O)N[C@H](C)c1ccc(OC)c(F)c1. The number of rotatable bonds is 5. The van der Waals surface area contributed by atoms with Gasteiger partial charge in [0, 0.05) is 6.54 Å². The van der Waals surface area contributed by atoms with Crippen LogP contribution < -0.4 is 15.4 Å². The summed E-state index contributed by atoms with van der Waals surface area (Å²) >= 11 is 0. The summed E-state index contributed by atoms with van der Waals surface area (Å²) in [6, 6.07) is 3.99. The molecule has 0 aliphatic carbocycles. The highest BCUT2D eigenvalue weighted by Gasteiger charge is 2.11. The largest absolute Gasteiger partial charge is 0.494 e. The van der Waals surface area contributed by atoms with E-state index in [1.807, 2.05) is 6.92 Å². The van der Waals surface area contributed by atoms with Crippen LogP contribution in [0, 0.1) is 5.82 Å². The average Bonchev–Trinajstić information content (AvgIpc) is 2.36. The van der Waals surface area contributed by atoms with Crippen molar-refractivity contribution < 1.29 is 13.9 Å². The molecule has 0 saturated heterocycles. The number of carbonyl (C=O) groups excluding carboxylic acids is 1. The zero-order valence-corrected chi connectivity index (χ0v) is 11.4. The van der Waals surface area contributed by atoms with Crippen molar-refractivity contribution in [3.63, 3.8) is 0 Å². The Kier molecular flexibility index (Phi) is 5.36. The van der Waals surface area contributed by atoms with Gasteiger partial charge in [-0.05, 0) is 31.5 Å². The minimum absolute atomic E-state index is 0.183. The molecule has 0 aromatic heterocycles. The van der Waals surface area contributed by atoms with Gasteiger partial charge in [-0.25, -0.2) is 9.18 Å². The summed E-state index contributed by atoms with van der Waals surface area (Å²) in [6.07, 6.45) is 0. The molecule has 1 rings (SSSR count). The zero-order chi connectivity index (χ0) is 14.4. The summed E-state index contributed by atoms with van der Waals surface area (Å²) < 4.78 is 18.4. The van der Waals surface area contributed by atoms with Crippen LogP contribution in [0.4, 0.5) is 9.18 Å². The van der Waals surface area contributed by atoms with E-state index in [9.17, 15) is 9.18 Å². The molecule has 0 aliphatic heterocycles. The van der Waals surface area contributed by atoms with Gasteiger partial charge in [0.2, 0.25) is 0 Å². The molecule has 2 N–H and O–H groups in total. The van der Waals surface area contributed by atoms with E-state index in [1.54, 1.807) is 13.0 Å². The Balaban J connectivity index is 2.62. The van der Waals surface area contributed by atoms with Gasteiger partial charge in [-0.3, -0.25) is 0 Å². The number of carbonyl (C=O) groups is 1. The van der Waals surface area contributed by atoms with Crippen LogP contribution in [0.5, 0.6) is 5.75 Å². The molecule has 104 valence electrons. The second kappa shape index (κ2) is 6.78. The van der Waals surface area contributed by atoms with Gasteiger partial charge < -0.3 is 15.4 Å². The lowest BCUT2D eigenvalue weighted by atomic mass is 10.1. The average molecular weight is 266 g/mol. The van der Waals surface area contributed by atoms with Crippen LogP contribution in [0.2, 0.25) is 0 Å². The number of halogens is 1. The fraction of sp³-hybridized carbons (Fsp3) is 0.357. The number of ether oxygens (including phenoxy) is 1. The summed E-state index contributed by atoms with van der Waals surface area (Å²) in [7, 11) is 1.41. The van der Waals surface area contributed by atoms with E-state index >= 15 is 0 Å². The topological polar surface area (TPSA) is 50.4 Å². The molecule has 0 fully saturated rings. The number of nitrogens with one attached hydrogen (secondary N) is 2. The molecule has 0 unspecified atom stereocenters. The Bertz CT molecular complexity index is 475. The Morgan fingerprint density at radius 2 is 2.21 bits per heavy atom. The standard InChI is InChI=1S/C14H19FN2O2/c1-9(2)8-16-14(18)17-10(3)11-5-6-13(19-4)12(15)7-11/h5-7,10H,1,8H2,2-4H3,(H2,16,17,18)/t10-/m1/s1. The summed E-state index contributed by atoms with van der Waals surface area (Å²) in [4.78, 5) is 11.6. The zero-order valence-electron chi connectivity index (χ0n) is 11.4. The van der Waals surface area contributed by atoms with E-state index in [0.29, 0.717) is 12.1 Å². The molecule has 2 amide bonds. The molecular weight excluding hydrogens is 247 g/mol. The Morgan fingerprint density at radius 1 is 1.53 bits per heavy atom. The Labute approximate surface area is 112 Å². The summed E-state index contributed by atoms with van der Waals surface area (Å²) in [5, 5.41) is 5.37. The van der Waals surface area contributed by atoms with Crippen molar-refractivity contribution in [1.82, 2.24) is 10.6 Å². The fourth-order valence-corrected chi connectivity index (χ4v) is 1.51. The van der Waals surface area contributed by atoms with Crippen molar-refractivity contribution in [2.75, 3.05) is 13.7 Å². The van der Waals surface area contributed by atoms with Crippen molar-refractivity contribution in [2.45, 2.75) is 19.9 Å². The van der Waals surface area contributed by atoms with Gasteiger partial charge in [-0.2, -0.15) is 0 Å². The van der Waals surface area contributed by atoms with Crippen molar-refractivity contribution in [3.8, 4) is 5.75 Å². The number of hydrogen-bond donors (Lipinski definition) is 2. The maximum atomic E-state index is 13.5. The lowest BCUT2D eigenvalue weighted by Crippen LogP contribution is -2.37. The molecule has 1 aromatic carbocycles. The van der Waals surface area contributed by atoms with Gasteiger partial charge >= 0.3 is 6.03 Å². The number of benzene rings is 1. The normalized spacial score (nSPS) is 11.6. The van der Waals surface area contributed by atoms with Gasteiger partial charge in [0.15, 0.2) is 11.6 Å². The predicted molar refractivity (Wildman–Crippen MR) is 72.7 cm³/mol. The van der Waals surface area contributed by atoms with Crippen LogP contribution in [0.25, 0.3) is 0 Å². The molecule has 0 bridgehead atoms. The number of amides is 2. The molecule has 19 heavy (non-hydrogen) atoms. The van der Waals surface area contributed by atoms with E-state index < -0.39 is 5.82 Å². The summed E-state index contributed by atoms with van der Waals surface area (Å²) in [5.41, 5.74) is 1.53.